The molecule has 0 aromatic heterocycles. The molecular formula is C16H22FNO. The Kier molecular flexibility index (Phi) is 4.23. The molecule has 1 saturated carbocycles. The van der Waals surface area contributed by atoms with Crippen LogP contribution in [0.15, 0.2) is 24.3 Å². The topological polar surface area (TPSA) is 20.3 Å². The van der Waals surface area contributed by atoms with Crippen molar-refractivity contribution in [3.05, 3.63) is 30.1 Å². The van der Waals surface area contributed by atoms with E-state index in [1.807, 2.05) is 18.0 Å². The fraction of sp³-hybridized carbons (Fsp3) is 0.562. The molecule has 0 bridgehead atoms. The van der Waals surface area contributed by atoms with Gasteiger partial charge in [-0.3, -0.25) is 0 Å². The third kappa shape index (κ3) is 3.34. The normalized spacial score (nSPS) is 27.0. The summed E-state index contributed by atoms with van der Waals surface area (Å²) in [5, 5.41) is 0. The Bertz CT molecular complexity index is 438. The molecule has 1 aliphatic carbocycles. The first-order valence-electron chi connectivity index (χ1n) is 6.98. The molecular weight excluding hydrogens is 241 g/mol. The number of anilines is 1. The fourth-order valence-corrected chi connectivity index (χ4v) is 2.93. The molecule has 104 valence electrons. The predicted octanol–water partition coefficient (Wildman–Crippen LogP) is 3.66. The minimum absolute atomic E-state index is 0.234. The van der Waals surface area contributed by atoms with Crippen LogP contribution in [0.2, 0.25) is 0 Å². The highest BCUT2D eigenvalue weighted by Gasteiger charge is 2.35. The van der Waals surface area contributed by atoms with E-state index in [1.165, 1.54) is 12.1 Å². The maximum Gasteiger partial charge on any atom is 0.127 e. The lowest BCUT2D eigenvalue weighted by atomic mass is 9.71. The van der Waals surface area contributed by atoms with Gasteiger partial charge in [0.2, 0.25) is 0 Å². The zero-order valence-electron chi connectivity index (χ0n) is 11.7. The minimum atomic E-state index is -0.256. The molecule has 0 amide bonds. The van der Waals surface area contributed by atoms with Gasteiger partial charge in [-0.05, 0) is 49.8 Å². The van der Waals surface area contributed by atoms with Gasteiger partial charge in [0.1, 0.15) is 12.1 Å². The average Bonchev–Trinajstić information content (AvgIpc) is 2.42. The zero-order valence-corrected chi connectivity index (χ0v) is 11.7. The van der Waals surface area contributed by atoms with Crippen molar-refractivity contribution in [3.63, 3.8) is 0 Å². The molecule has 1 fully saturated rings. The van der Waals surface area contributed by atoms with Gasteiger partial charge in [-0.15, -0.1) is 0 Å². The van der Waals surface area contributed by atoms with Crippen molar-refractivity contribution < 1.29 is 9.18 Å². The van der Waals surface area contributed by atoms with Crippen molar-refractivity contribution in [2.24, 2.45) is 11.3 Å². The van der Waals surface area contributed by atoms with Gasteiger partial charge in [0.05, 0.1) is 0 Å². The third-order valence-electron chi connectivity index (χ3n) is 4.32. The molecule has 1 aromatic rings. The van der Waals surface area contributed by atoms with Crippen LogP contribution in [0.3, 0.4) is 0 Å². The molecule has 0 aliphatic heterocycles. The highest BCUT2D eigenvalue weighted by Crippen LogP contribution is 2.38. The molecule has 19 heavy (non-hydrogen) atoms. The maximum atomic E-state index is 13.2. The summed E-state index contributed by atoms with van der Waals surface area (Å²) >= 11 is 0. The van der Waals surface area contributed by atoms with Crippen LogP contribution in [0.5, 0.6) is 0 Å². The highest BCUT2D eigenvalue weighted by molar-refractivity contribution is 5.62. The first-order valence-corrected chi connectivity index (χ1v) is 6.98. The first kappa shape index (κ1) is 14.0. The van der Waals surface area contributed by atoms with Gasteiger partial charge in [0.25, 0.3) is 0 Å². The molecule has 0 spiro atoms. The summed E-state index contributed by atoms with van der Waals surface area (Å²) in [5.74, 6) is 0.481. The lowest BCUT2D eigenvalue weighted by Crippen LogP contribution is -2.39. The second-order valence-electron chi connectivity index (χ2n) is 6.00. The summed E-state index contributed by atoms with van der Waals surface area (Å²) < 4.78 is 13.2. The van der Waals surface area contributed by atoms with Gasteiger partial charge < -0.3 is 9.69 Å². The molecule has 0 heterocycles. The average molecular weight is 263 g/mol. The van der Waals surface area contributed by atoms with Gasteiger partial charge >= 0.3 is 0 Å². The summed E-state index contributed by atoms with van der Waals surface area (Å²) in [6.07, 6.45) is 5.22. The van der Waals surface area contributed by atoms with Gasteiger partial charge in [0, 0.05) is 24.7 Å². The summed E-state index contributed by atoms with van der Waals surface area (Å²) in [7, 11) is 1.93. The smallest absolute Gasteiger partial charge is 0.127 e. The van der Waals surface area contributed by atoms with Crippen molar-refractivity contribution in [3.8, 4) is 0 Å². The van der Waals surface area contributed by atoms with Crippen LogP contribution in [-0.2, 0) is 4.79 Å². The Morgan fingerprint density at radius 2 is 2.11 bits per heavy atom. The SMILES string of the molecule is CC1CCC(C=O)(CN(C)c2cccc(F)c2)CC1. The van der Waals surface area contributed by atoms with Crippen LogP contribution in [0.25, 0.3) is 0 Å². The molecule has 1 aliphatic rings. The number of carbonyl (C=O) groups is 1. The number of hydrogen-bond acceptors (Lipinski definition) is 2. The molecule has 2 rings (SSSR count). The lowest BCUT2D eigenvalue weighted by Gasteiger charge is -2.38. The van der Waals surface area contributed by atoms with Gasteiger partial charge in [-0.25, -0.2) is 4.39 Å². The van der Waals surface area contributed by atoms with Crippen LogP contribution >= 0.6 is 0 Å². The lowest BCUT2D eigenvalue weighted by molar-refractivity contribution is -0.117. The van der Waals surface area contributed by atoms with Crippen LogP contribution in [-0.4, -0.2) is 19.9 Å². The van der Waals surface area contributed by atoms with Gasteiger partial charge in [0.15, 0.2) is 0 Å². The van der Waals surface area contributed by atoms with E-state index >= 15 is 0 Å². The van der Waals surface area contributed by atoms with Crippen molar-refractivity contribution in [2.75, 3.05) is 18.5 Å². The fourth-order valence-electron chi connectivity index (χ4n) is 2.93. The third-order valence-corrected chi connectivity index (χ3v) is 4.32. The number of halogens is 1. The predicted molar refractivity (Wildman–Crippen MR) is 75.8 cm³/mol. The Balaban J connectivity index is 2.08. The Morgan fingerprint density at radius 1 is 1.42 bits per heavy atom. The van der Waals surface area contributed by atoms with Crippen LogP contribution in [0, 0.1) is 17.2 Å². The van der Waals surface area contributed by atoms with E-state index in [-0.39, 0.29) is 11.2 Å². The van der Waals surface area contributed by atoms with Crippen LogP contribution < -0.4 is 4.90 Å². The molecule has 0 saturated heterocycles. The highest BCUT2D eigenvalue weighted by atomic mass is 19.1. The van der Waals surface area contributed by atoms with Crippen molar-refractivity contribution in [1.82, 2.24) is 0 Å². The van der Waals surface area contributed by atoms with Crippen LogP contribution in [0.1, 0.15) is 32.6 Å². The summed E-state index contributed by atoms with van der Waals surface area (Å²) in [4.78, 5) is 13.5. The van der Waals surface area contributed by atoms with Crippen molar-refractivity contribution in [1.29, 1.82) is 0 Å². The molecule has 1 aromatic carbocycles. The second kappa shape index (κ2) is 5.72. The standard InChI is InChI=1S/C16H22FNO/c1-13-6-8-16(12-19,9-7-13)11-18(2)15-5-3-4-14(17)10-15/h3-5,10,12-13H,6-9,11H2,1-2H3. The zero-order chi connectivity index (χ0) is 13.9. The number of carbonyl (C=O) groups excluding carboxylic acids is 1. The monoisotopic (exact) mass is 263 g/mol. The number of rotatable bonds is 4. The molecule has 0 N–H and O–H groups in total. The summed E-state index contributed by atoms with van der Waals surface area (Å²) in [6.45, 7) is 2.91. The quantitative estimate of drug-likeness (QED) is 0.773. The maximum absolute atomic E-state index is 13.2. The molecule has 0 unspecified atom stereocenters. The Labute approximate surface area is 114 Å². The molecule has 0 atom stereocenters. The largest absolute Gasteiger partial charge is 0.374 e. The molecule has 2 nitrogen and oxygen atoms in total. The van der Waals surface area contributed by atoms with E-state index in [9.17, 15) is 9.18 Å². The van der Waals surface area contributed by atoms with Crippen molar-refractivity contribution in [2.45, 2.75) is 32.6 Å². The van der Waals surface area contributed by atoms with Crippen LogP contribution in [0.4, 0.5) is 10.1 Å². The molecule has 0 radical (unpaired) electrons. The van der Waals surface area contributed by atoms with Gasteiger partial charge in [-0.1, -0.05) is 13.0 Å². The number of benzene rings is 1. The van der Waals surface area contributed by atoms with Gasteiger partial charge in [-0.2, -0.15) is 0 Å². The van der Waals surface area contributed by atoms with E-state index in [1.54, 1.807) is 6.07 Å². The van der Waals surface area contributed by atoms with E-state index in [2.05, 4.69) is 6.92 Å². The Hall–Kier alpha value is -1.38. The van der Waals surface area contributed by atoms with E-state index in [0.717, 1.165) is 37.7 Å². The number of aldehydes is 1. The first-order chi connectivity index (χ1) is 9.04. The van der Waals surface area contributed by atoms with E-state index in [4.69, 9.17) is 0 Å². The Morgan fingerprint density at radius 3 is 2.68 bits per heavy atom. The molecule has 3 heteroatoms. The minimum Gasteiger partial charge on any atom is -0.374 e. The van der Waals surface area contributed by atoms with E-state index in [0.29, 0.717) is 12.5 Å². The second-order valence-corrected chi connectivity index (χ2v) is 6.00. The summed E-state index contributed by atoms with van der Waals surface area (Å²) in [5.41, 5.74) is 0.577. The summed E-state index contributed by atoms with van der Waals surface area (Å²) in [6, 6.07) is 6.55. The van der Waals surface area contributed by atoms with E-state index < -0.39 is 0 Å². The van der Waals surface area contributed by atoms with Crippen molar-refractivity contribution >= 4 is 12.0 Å². The number of hydrogen-bond donors (Lipinski definition) is 0. The number of nitrogens with zero attached hydrogens (tertiary/aromatic N) is 1.